The Morgan fingerprint density at radius 3 is 2.47 bits per heavy atom. The zero-order valence-corrected chi connectivity index (χ0v) is 13.2. The summed E-state index contributed by atoms with van der Waals surface area (Å²) in [6.07, 6.45) is 0. The van der Waals surface area contributed by atoms with Gasteiger partial charge in [0.1, 0.15) is 0 Å². The molecule has 19 heavy (non-hydrogen) atoms. The van der Waals surface area contributed by atoms with Crippen LogP contribution in [0.15, 0.2) is 22.7 Å². The highest BCUT2D eigenvalue weighted by Crippen LogP contribution is 2.21. The second kappa shape index (κ2) is 7.50. The topological polar surface area (TPSA) is 49.4 Å². The fourth-order valence-corrected chi connectivity index (χ4v) is 2.48. The van der Waals surface area contributed by atoms with Gasteiger partial charge in [-0.05, 0) is 48.0 Å². The van der Waals surface area contributed by atoms with Crippen molar-refractivity contribution in [3.05, 3.63) is 33.3 Å². The molecule has 2 amide bonds. The van der Waals surface area contributed by atoms with Gasteiger partial charge in [0.25, 0.3) is 5.91 Å². The van der Waals surface area contributed by atoms with E-state index >= 15 is 0 Å². The Kier molecular flexibility index (Phi) is 6.31. The van der Waals surface area contributed by atoms with Gasteiger partial charge in [-0.2, -0.15) is 0 Å². The number of carbonyl (C=O) groups is 2. The summed E-state index contributed by atoms with van der Waals surface area (Å²) in [5.74, 6) is -0.396. The molecule has 0 atom stereocenters. The number of rotatable bonds is 5. The second-order valence-corrected chi connectivity index (χ2v) is 5.16. The van der Waals surface area contributed by atoms with E-state index in [2.05, 4.69) is 21.2 Å². The lowest BCUT2D eigenvalue weighted by atomic mass is 10.2. The number of carbonyl (C=O) groups excluding carboxylic acids is 2. The van der Waals surface area contributed by atoms with E-state index in [0.717, 1.165) is 0 Å². The Morgan fingerprint density at radius 1 is 1.32 bits per heavy atom. The molecule has 0 aliphatic heterocycles. The highest BCUT2D eigenvalue weighted by molar-refractivity contribution is 9.10. The van der Waals surface area contributed by atoms with Crippen LogP contribution in [0.4, 0.5) is 0 Å². The number of likely N-dealkylation sites (N-methyl/N-ethyl adjacent to an activating group) is 1. The number of benzene rings is 1. The number of nitrogens with one attached hydrogen (secondary N) is 1. The van der Waals surface area contributed by atoms with Crippen LogP contribution >= 0.6 is 27.5 Å². The minimum Gasteiger partial charge on any atom is -0.343 e. The van der Waals surface area contributed by atoms with Crippen molar-refractivity contribution in [2.45, 2.75) is 13.8 Å². The molecule has 0 unspecified atom stereocenters. The molecule has 0 saturated heterocycles. The van der Waals surface area contributed by atoms with E-state index in [0.29, 0.717) is 28.1 Å². The van der Waals surface area contributed by atoms with Crippen molar-refractivity contribution >= 4 is 39.3 Å². The minimum absolute atomic E-state index is 0.00439. The molecule has 4 nitrogen and oxygen atoms in total. The molecule has 0 saturated carbocycles. The monoisotopic (exact) mass is 346 g/mol. The predicted octanol–water partition coefficient (Wildman–Crippen LogP) is 2.70. The summed E-state index contributed by atoms with van der Waals surface area (Å²) >= 11 is 9.08. The molecule has 0 aromatic heterocycles. The molecule has 0 fully saturated rings. The molecule has 0 aliphatic carbocycles. The molecule has 1 aromatic rings. The normalized spacial score (nSPS) is 10.1. The number of amides is 2. The van der Waals surface area contributed by atoms with E-state index in [1.165, 1.54) is 0 Å². The highest BCUT2D eigenvalue weighted by atomic mass is 79.9. The lowest BCUT2D eigenvalue weighted by Crippen LogP contribution is -2.40. The highest BCUT2D eigenvalue weighted by Gasteiger charge is 2.14. The molecule has 0 heterocycles. The Balaban J connectivity index is 2.63. The van der Waals surface area contributed by atoms with Crippen molar-refractivity contribution < 1.29 is 9.59 Å². The van der Waals surface area contributed by atoms with E-state index in [1.54, 1.807) is 23.1 Å². The molecule has 0 radical (unpaired) electrons. The number of nitrogens with zero attached hydrogens (tertiary/aromatic N) is 1. The molecular weight excluding hydrogens is 332 g/mol. The van der Waals surface area contributed by atoms with Gasteiger partial charge in [0, 0.05) is 22.6 Å². The van der Waals surface area contributed by atoms with Crippen LogP contribution < -0.4 is 5.32 Å². The van der Waals surface area contributed by atoms with Crippen molar-refractivity contribution in [2.75, 3.05) is 19.6 Å². The van der Waals surface area contributed by atoms with Gasteiger partial charge in [0.15, 0.2) is 0 Å². The summed E-state index contributed by atoms with van der Waals surface area (Å²) in [7, 11) is 0. The maximum Gasteiger partial charge on any atom is 0.252 e. The Labute approximate surface area is 126 Å². The Hall–Kier alpha value is -1.07. The zero-order valence-electron chi connectivity index (χ0n) is 10.9. The molecule has 0 spiro atoms. The standard InChI is InChI=1S/C13H16BrClN2O2/c1-3-17(4-2)12(18)8-16-13(19)10-6-5-9(15)7-11(10)14/h5-7H,3-4,8H2,1-2H3,(H,16,19). The van der Waals surface area contributed by atoms with Gasteiger partial charge < -0.3 is 10.2 Å². The van der Waals surface area contributed by atoms with Crippen LogP contribution in [0, 0.1) is 0 Å². The van der Waals surface area contributed by atoms with Gasteiger partial charge in [-0.3, -0.25) is 9.59 Å². The molecule has 1 N–H and O–H groups in total. The maximum absolute atomic E-state index is 11.9. The van der Waals surface area contributed by atoms with Gasteiger partial charge in [-0.25, -0.2) is 0 Å². The second-order valence-electron chi connectivity index (χ2n) is 3.87. The number of hydrogen-bond donors (Lipinski definition) is 1. The molecule has 0 aliphatic rings. The summed E-state index contributed by atoms with van der Waals surface area (Å²) in [5, 5.41) is 3.15. The third kappa shape index (κ3) is 4.51. The van der Waals surface area contributed by atoms with E-state index in [9.17, 15) is 9.59 Å². The predicted molar refractivity (Wildman–Crippen MR) is 79.4 cm³/mol. The molecule has 1 aromatic carbocycles. The van der Waals surface area contributed by atoms with E-state index in [4.69, 9.17) is 11.6 Å². The molecular formula is C13H16BrClN2O2. The van der Waals surface area contributed by atoms with Crippen LogP contribution in [0.1, 0.15) is 24.2 Å². The summed E-state index contributed by atoms with van der Waals surface area (Å²) in [5.41, 5.74) is 0.455. The van der Waals surface area contributed by atoms with Gasteiger partial charge >= 0.3 is 0 Å². The van der Waals surface area contributed by atoms with Crippen LogP contribution in [0.2, 0.25) is 5.02 Å². The third-order valence-electron chi connectivity index (χ3n) is 2.69. The van der Waals surface area contributed by atoms with Crippen LogP contribution in [0.25, 0.3) is 0 Å². The first-order valence-corrected chi connectivity index (χ1v) is 7.17. The first-order valence-electron chi connectivity index (χ1n) is 6.00. The average Bonchev–Trinajstić information content (AvgIpc) is 2.37. The number of hydrogen-bond acceptors (Lipinski definition) is 2. The van der Waals surface area contributed by atoms with E-state index in [-0.39, 0.29) is 18.4 Å². The molecule has 0 bridgehead atoms. The Morgan fingerprint density at radius 2 is 1.95 bits per heavy atom. The van der Waals surface area contributed by atoms with Crippen molar-refractivity contribution in [3.8, 4) is 0 Å². The zero-order chi connectivity index (χ0) is 14.4. The van der Waals surface area contributed by atoms with E-state index in [1.807, 2.05) is 13.8 Å². The van der Waals surface area contributed by atoms with Crippen LogP contribution in [0.5, 0.6) is 0 Å². The van der Waals surface area contributed by atoms with Crippen molar-refractivity contribution in [2.24, 2.45) is 0 Å². The lowest BCUT2D eigenvalue weighted by Gasteiger charge is -2.18. The SMILES string of the molecule is CCN(CC)C(=O)CNC(=O)c1ccc(Cl)cc1Br. The van der Waals surface area contributed by atoms with Gasteiger partial charge in [0.05, 0.1) is 12.1 Å². The van der Waals surface area contributed by atoms with Crippen molar-refractivity contribution in [3.63, 3.8) is 0 Å². The molecule has 6 heteroatoms. The third-order valence-corrected chi connectivity index (χ3v) is 3.58. The summed E-state index contributed by atoms with van der Waals surface area (Å²) in [4.78, 5) is 25.3. The van der Waals surface area contributed by atoms with Crippen molar-refractivity contribution in [1.29, 1.82) is 0 Å². The molecule has 1 rings (SSSR count). The fourth-order valence-electron chi connectivity index (χ4n) is 1.61. The first-order chi connectivity index (χ1) is 8.99. The quantitative estimate of drug-likeness (QED) is 0.890. The minimum atomic E-state index is -0.302. The lowest BCUT2D eigenvalue weighted by molar-refractivity contribution is -0.129. The largest absolute Gasteiger partial charge is 0.343 e. The fraction of sp³-hybridized carbons (Fsp3) is 0.385. The first kappa shape index (κ1) is 16.0. The maximum atomic E-state index is 11.9. The van der Waals surface area contributed by atoms with Crippen molar-refractivity contribution in [1.82, 2.24) is 10.2 Å². The molecule has 104 valence electrons. The summed E-state index contributed by atoms with van der Waals surface area (Å²) in [6.45, 7) is 5.07. The van der Waals surface area contributed by atoms with Crippen LogP contribution in [-0.4, -0.2) is 36.3 Å². The van der Waals surface area contributed by atoms with Crippen LogP contribution in [0.3, 0.4) is 0 Å². The smallest absolute Gasteiger partial charge is 0.252 e. The number of halogens is 2. The van der Waals surface area contributed by atoms with Gasteiger partial charge in [-0.15, -0.1) is 0 Å². The van der Waals surface area contributed by atoms with Crippen LogP contribution in [-0.2, 0) is 4.79 Å². The Bertz CT molecular complexity index is 476. The summed E-state index contributed by atoms with van der Waals surface area (Å²) < 4.78 is 0.604. The van der Waals surface area contributed by atoms with E-state index < -0.39 is 0 Å². The summed E-state index contributed by atoms with van der Waals surface area (Å²) in [6, 6.07) is 4.89. The van der Waals surface area contributed by atoms with Gasteiger partial charge in [-0.1, -0.05) is 11.6 Å². The average molecular weight is 348 g/mol. The van der Waals surface area contributed by atoms with Gasteiger partial charge in [0.2, 0.25) is 5.91 Å².